The van der Waals surface area contributed by atoms with Crippen LogP contribution in [0.1, 0.15) is 50.4 Å². The van der Waals surface area contributed by atoms with Crippen molar-refractivity contribution in [3.63, 3.8) is 0 Å². The summed E-state index contributed by atoms with van der Waals surface area (Å²) in [7, 11) is 0. The number of H-pyrrole nitrogens is 1. The van der Waals surface area contributed by atoms with E-state index in [-0.39, 0.29) is 11.4 Å². The van der Waals surface area contributed by atoms with Crippen LogP contribution in [0.5, 0.6) is 5.75 Å². The molecular formula is C29H33F3N4O2. The Morgan fingerprint density at radius 1 is 0.974 bits per heavy atom. The summed E-state index contributed by atoms with van der Waals surface area (Å²) in [6.07, 6.45) is -0.652. The number of nitrogens with zero attached hydrogens (tertiary/aromatic N) is 2. The monoisotopic (exact) mass is 526 g/mol. The second-order valence-electron chi connectivity index (χ2n) is 10.5. The van der Waals surface area contributed by atoms with E-state index >= 15 is 0 Å². The topological polar surface area (TPSA) is 94.1 Å². The molecule has 0 saturated heterocycles. The summed E-state index contributed by atoms with van der Waals surface area (Å²) in [4.78, 5) is 11.0. The largest absolute Gasteiger partial charge is 0.508 e. The fraction of sp³-hybridized carbons (Fsp3) is 0.379. The van der Waals surface area contributed by atoms with Crippen LogP contribution in [0, 0.1) is 0 Å². The van der Waals surface area contributed by atoms with Crippen molar-refractivity contribution in [1.82, 2.24) is 20.3 Å². The van der Waals surface area contributed by atoms with E-state index in [4.69, 9.17) is 0 Å². The number of halogens is 3. The Bertz CT molecular complexity index is 1390. The van der Waals surface area contributed by atoms with Crippen molar-refractivity contribution in [2.45, 2.75) is 63.8 Å². The molecule has 2 aromatic carbocycles. The molecule has 0 saturated carbocycles. The number of aromatic amines is 1. The van der Waals surface area contributed by atoms with Gasteiger partial charge in [0.25, 0.3) is 0 Å². The van der Waals surface area contributed by atoms with E-state index < -0.39 is 30.0 Å². The molecule has 2 heterocycles. The van der Waals surface area contributed by atoms with E-state index in [9.17, 15) is 23.4 Å². The molecule has 0 fully saturated rings. The second kappa shape index (κ2) is 10.7. The summed E-state index contributed by atoms with van der Waals surface area (Å²) >= 11 is 0. The van der Waals surface area contributed by atoms with Gasteiger partial charge in [0.15, 0.2) is 5.60 Å². The lowest BCUT2D eigenvalue weighted by Crippen LogP contribution is -2.50. The molecule has 0 aliphatic heterocycles. The summed E-state index contributed by atoms with van der Waals surface area (Å²) in [5.41, 5.74) is -0.636. The highest BCUT2D eigenvalue weighted by molar-refractivity contribution is 5.81. The normalized spacial score (nSPS) is 14.1. The van der Waals surface area contributed by atoms with Crippen molar-refractivity contribution < 1.29 is 23.4 Å². The van der Waals surface area contributed by atoms with E-state index in [1.165, 1.54) is 12.4 Å². The van der Waals surface area contributed by atoms with Crippen molar-refractivity contribution >= 4 is 10.9 Å². The van der Waals surface area contributed by atoms with Crippen molar-refractivity contribution in [1.29, 1.82) is 0 Å². The molecule has 1 unspecified atom stereocenters. The lowest BCUT2D eigenvalue weighted by molar-refractivity contribution is -0.266. The van der Waals surface area contributed by atoms with Gasteiger partial charge in [-0.15, -0.1) is 0 Å². The first-order valence-electron chi connectivity index (χ1n) is 12.6. The highest BCUT2D eigenvalue weighted by Gasteiger charge is 2.56. The number of alkyl halides is 3. The van der Waals surface area contributed by atoms with Gasteiger partial charge in [0.2, 0.25) is 0 Å². The van der Waals surface area contributed by atoms with Crippen LogP contribution in [0.2, 0.25) is 0 Å². The zero-order chi connectivity index (χ0) is 27.6. The van der Waals surface area contributed by atoms with Crippen LogP contribution >= 0.6 is 0 Å². The zero-order valence-electron chi connectivity index (χ0n) is 21.7. The Morgan fingerprint density at radius 3 is 2.39 bits per heavy atom. The molecule has 38 heavy (non-hydrogen) atoms. The van der Waals surface area contributed by atoms with Gasteiger partial charge in [-0.25, -0.2) is 9.97 Å². The van der Waals surface area contributed by atoms with E-state index in [0.717, 1.165) is 23.9 Å². The minimum absolute atomic E-state index is 0.144. The third kappa shape index (κ3) is 6.00. The predicted molar refractivity (Wildman–Crippen MR) is 142 cm³/mol. The molecule has 4 N–H and O–H groups in total. The van der Waals surface area contributed by atoms with Crippen LogP contribution < -0.4 is 5.32 Å². The molecule has 0 bridgehead atoms. The predicted octanol–water partition coefficient (Wildman–Crippen LogP) is 6.03. The van der Waals surface area contributed by atoms with E-state index in [2.05, 4.69) is 27.2 Å². The second-order valence-corrected chi connectivity index (χ2v) is 10.5. The molecule has 4 aromatic rings. The van der Waals surface area contributed by atoms with Crippen molar-refractivity contribution in [2.75, 3.05) is 6.54 Å². The molecule has 0 aliphatic carbocycles. The minimum Gasteiger partial charge on any atom is -0.508 e. The summed E-state index contributed by atoms with van der Waals surface area (Å²) in [6, 6.07) is 12.1. The maximum absolute atomic E-state index is 14.4. The van der Waals surface area contributed by atoms with Gasteiger partial charge in [0.05, 0.1) is 0 Å². The lowest BCUT2D eigenvalue weighted by atomic mass is 9.72. The molecule has 202 valence electrons. The molecular weight excluding hydrogens is 493 g/mol. The number of rotatable bonds is 10. The van der Waals surface area contributed by atoms with Crippen molar-refractivity contribution in [2.24, 2.45) is 0 Å². The summed E-state index contributed by atoms with van der Waals surface area (Å²) in [5, 5.41) is 25.8. The average Bonchev–Trinajstić information content (AvgIpc) is 3.25. The maximum Gasteiger partial charge on any atom is 0.417 e. The van der Waals surface area contributed by atoms with Gasteiger partial charge in [-0.2, -0.15) is 13.2 Å². The van der Waals surface area contributed by atoms with Gasteiger partial charge < -0.3 is 20.5 Å². The highest BCUT2D eigenvalue weighted by Crippen LogP contribution is 2.45. The standard InChI is InChI=1S/C29H33F3N4O2/c1-4-9-33-14-19-5-7-25-21(10-19)11-23(36-25)13-28(38,29(30,31)32)17-27(2,3)24-12-20(6-8-26(24)37)22-15-34-18-35-16-22/h5-8,10-12,15-16,18,33,36-38H,4,9,13-14,17H2,1-3H3. The van der Waals surface area contributed by atoms with Gasteiger partial charge >= 0.3 is 6.18 Å². The first-order chi connectivity index (χ1) is 17.9. The van der Waals surface area contributed by atoms with Crippen LogP contribution in [-0.4, -0.2) is 43.5 Å². The van der Waals surface area contributed by atoms with Crippen LogP contribution in [0.4, 0.5) is 13.2 Å². The molecule has 6 nitrogen and oxygen atoms in total. The van der Waals surface area contributed by atoms with Crippen LogP contribution in [0.15, 0.2) is 61.2 Å². The quantitative estimate of drug-likeness (QED) is 0.189. The Labute approximate surface area is 220 Å². The smallest absolute Gasteiger partial charge is 0.417 e. The third-order valence-corrected chi connectivity index (χ3v) is 6.86. The van der Waals surface area contributed by atoms with E-state index in [0.29, 0.717) is 28.8 Å². The fourth-order valence-corrected chi connectivity index (χ4v) is 4.97. The number of aliphatic hydroxyl groups is 1. The molecule has 4 rings (SSSR count). The number of phenols is 1. The van der Waals surface area contributed by atoms with Crippen LogP contribution in [0.25, 0.3) is 22.0 Å². The number of aromatic nitrogens is 3. The van der Waals surface area contributed by atoms with Gasteiger partial charge in [-0.3, -0.25) is 0 Å². The molecule has 0 amide bonds. The SMILES string of the molecule is CCCNCc1ccc2[nH]c(CC(O)(CC(C)(C)c3cc(-c4cncnc4)ccc3O)C(F)(F)F)cc2c1. The lowest BCUT2D eigenvalue weighted by Gasteiger charge is -2.38. The average molecular weight is 527 g/mol. The zero-order valence-corrected chi connectivity index (χ0v) is 21.7. The number of hydrogen-bond acceptors (Lipinski definition) is 5. The number of fused-ring (bicyclic) bond motifs is 1. The Hall–Kier alpha value is -3.43. The number of phenolic OH excluding ortho intramolecular Hbond substituents is 1. The molecule has 0 spiro atoms. The van der Waals surface area contributed by atoms with Crippen molar-refractivity contribution in [3.05, 3.63) is 78.0 Å². The first kappa shape index (κ1) is 27.6. The Morgan fingerprint density at radius 2 is 1.71 bits per heavy atom. The summed E-state index contributed by atoms with van der Waals surface area (Å²) in [6.45, 7) is 6.80. The molecule has 0 aliphatic rings. The van der Waals surface area contributed by atoms with E-state index in [1.807, 2.05) is 18.2 Å². The number of nitrogens with one attached hydrogen (secondary N) is 2. The van der Waals surface area contributed by atoms with Gasteiger partial charge in [-0.05, 0) is 71.6 Å². The highest BCUT2D eigenvalue weighted by atomic mass is 19.4. The number of benzene rings is 2. The molecule has 1 atom stereocenters. The summed E-state index contributed by atoms with van der Waals surface area (Å²) in [5.74, 6) is -0.144. The van der Waals surface area contributed by atoms with Gasteiger partial charge in [0, 0.05) is 47.7 Å². The molecule has 9 heteroatoms. The number of aromatic hydroxyl groups is 1. The minimum atomic E-state index is -4.91. The summed E-state index contributed by atoms with van der Waals surface area (Å²) < 4.78 is 43.3. The first-order valence-corrected chi connectivity index (χ1v) is 12.6. The van der Waals surface area contributed by atoms with E-state index in [1.54, 1.807) is 44.4 Å². The van der Waals surface area contributed by atoms with Crippen LogP contribution in [-0.2, 0) is 18.4 Å². The fourth-order valence-electron chi connectivity index (χ4n) is 4.97. The Kier molecular flexibility index (Phi) is 7.80. The van der Waals surface area contributed by atoms with Crippen molar-refractivity contribution in [3.8, 4) is 16.9 Å². The Balaban J connectivity index is 1.63. The maximum atomic E-state index is 14.4. The molecule has 0 radical (unpaired) electrons. The number of hydrogen-bond donors (Lipinski definition) is 4. The third-order valence-electron chi connectivity index (χ3n) is 6.86. The van der Waals surface area contributed by atoms with Crippen LogP contribution in [0.3, 0.4) is 0 Å². The van der Waals surface area contributed by atoms with Gasteiger partial charge in [0.1, 0.15) is 12.1 Å². The van der Waals surface area contributed by atoms with Gasteiger partial charge in [-0.1, -0.05) is 32.9 Å². The molecule has 2 aromatic heterocycles.